The first-order valence-electron chi connectivity index (χ1n) is 15.5. The molecule has 0 bridgehead atoms. The first kappa shape index (κ1) is 32.5. The van der Waals surface area contributed by atoms with Gasteiger partial charge < -0.3 is 15.0 Å². The number of amides is 1. The molecule has 12 nitrogen and oxygen atoms in total. The summed E-state index contributed by atoms with van der Waals surface area (Å²) in [7, 11) is -3.99. The molecular formula is C33H37ClN8O4S. The zero-order valence-corrected chi connectivity index (χ0v) is 28.3. The lowest BCUT2D eigenvalue weighted by Crippen LogP contribution is -2.44. The van der Waals surface area contributed by atoms with Gasteiger partial charge in [-0.3, -0.25) is 4.72 Å². The van der Waals surface area contributed by atoms with Crippen molar-refractivity contribution in [3.8, 4) is 11.3 Å². The van der Waals surface area contributed by atoms with Gasteiger partial charge in [-0.15, -0.1) is 0 Å². The van der Waals surface area contributed by atoms with Gasteiger partial charge in [-0.05, 0) is 87.9 Å². The van der Waals surface area contributed by atoms with Gasteiger partial charge in [0.1, 0.15) is 22.3 Å². The molecule has 1 amide bonds. The number of carbonyl (C=O) groups is 1. The maximum Gasteiger partial charge on any atom is 0.410 e. The molecule has 5 aromatic rings. The number of fused-ring (bicyclic) bond motifs is 2. The van der Waals surface area contributed by atoms with Crippen molar-refractivity contribution in [2.75, 3.05) is 29.7 Å². The van der Waals surface area contributed by atoms with Crippen LogP contribution in [0.25, 0.3) is 27.7 Å². The minimum atomic E-state index is -3.99. The van der Waals surface area contributed by atoms with Crippen LogP contribution < -0.4 is 10.0 Å². The summed E-state index contributed by atoms with van der Waals surface area (Å²) in [5.74, 6) is 0.923. The van der Waals surface area contributed by atoms with Crippen molar-refractivity contribution in [3.63, 3.8) is 0 Å². The van der Waals surface area contributed by atoms with Gasteiger partial charge in [0.05, 0.1) is 16.2 Å². The molecule has 1 atom stereocenters. The highest BCUT2D eigenvalue weighted by atomic mass is 35.5. The number of ether oxygens (including phenoxy) is 1. The Bertz CT molecular complexity index is 2060. The third kappa shape index (κ3) is 7.10. The first-order chi connectivity index (χ1) is 22.4. The average Bonchev–Trinajstić information content (AvgIpc) is 3.48. The summed E-state index contributed by atoms with van der Waals surface area (Å²) in [5.41, 5.74) is 3.46. The third-order valence-electron chi connectivity index (χ3n) is 7.97. The van der Waals surface area contributed by atoms with Crippen LogP contribution in [0, 0.1) is 5.92 Å². The van der Waals surface area contributed by atoms with Gasteiger partial charge in [-0.25, -0.2) is 32.7 Å². The van der Waals surface area contributed by atoms with Crippen molar-refractivity contribution < 1.29 is 17.9 Å². The highest BCUT2D eigenvalue weighted by Crippen LogP contribution is 2.31. The molecule has 0 radical (unpaired) electrons. The number of aromatic nitrogens is 5. The van der Waals surface area contributed by atoms with Gasteiger partial charge in [0.25, 0.3) is 10.0 Å². The summed E-state index contributed by atoms with van der Waals surface area (Å²) in [4.78, 5) is 28.0. The molecule has 1 fully saturated rings. The van der Waals surface area contributed by atoms with Crippen molar-refractivity contribution in [1.82, 2.24) is 29.5 Å². The Balaban J connectivity index is 1.22. The van der Waals surface area contributed by atoms with E-state index in [1.54, 1.807) is 33.8 Å². The second kappa shape index (κ2) is 13.0. The van der Waals surface area contributed by atoms with Gasteiger partial charge in [-0.1, -0.05) is 30.7 Å². The Hall–Kier alpha value is -4.49. The number of piperidine rings is 1. The highest BCUT2D eigenvalue weighted by molar-refractivity contribution is 7.92. The van der Waals surface area contributed by atoms with Gasteiger partial charge in [-0.2, -0.15) is 5.10 Å². The topological polar surface area (TPSA) is 144 Å². The largest absolute Gasteiger partial charge is 0.444 e. The van der Waals surface area contributed by atoms with Crippen molar-refractivity contribution >= 4 is 55.9 Å². The fraction of sp³-hybridized carbons (Fsp3) is 0.364. The Morgan fingerprint density at radius 1 is 1.13 bits per heavy atom. The molecule has 4 heterocycles. The zero-order chi connectivity index (χ0) is 33.3. The van der Waals surface area contributed by atoms with E-state index in [1.165, 1.54) is 18.5 Å². The smallest absolute Gasteiger partial charge is 0.410 e. The molecule has 246 valence electrons. The van der Waals surface area contributed by atoms with E-state index in [0.29, 0.717) is 31.1 Å². The summed E-state index contributed by atoms with van der Waals surface area (Å²) in [5, 5.41) is 8.78. The van der Waals surface area contributed by atoms with E-state index in [4.69, 9.17) is 21.3 Å². The number of nitrogens with zero attached hydrogens (tertiary/aromatic N) is 6. The minimum Gasteiger partial charge on any atom is -0.444 e. The predicted molar refractivity (Wildman–Crippen MR) is 182 cm³/mol. The molecule has 0 aliphatic carbocycles. The normalized spacial score (nSPS) is 15.6. The fourth-order valence-electron chi connectivity index (χ4n) is 5.76. The average molecular weight is 677 g/mol. The van der Waals surface area contributed by atoms with Crippen LogP contribution in [0.5, 0.6) is 0 Å². The maximum absolute atomic E-state index is 13.1. The Labute approximate surface area is 278 Å². The molecule has 1 aliphatic rings. The lowest BCUT2D eigenvalue weighted by molar-refractivity contribution is 0.0172. The second-order valence-electron chi connectivity index (χ2n) is 12.6. The Morgan fingerprint density at radius 2 is 1.94 bits per heavy atom. The molecule has 14 heteroatoms. The molecule has 1 aliphatic heterocycles. The first-order valence-corrected chi connectivity index (χ1v) is 17.4. The van der Waals surface area contributed by atoms with E-state index in [9.17, 15) is 13.2 Å². The summed E-state index contributed by atoms with van der Waals surface area (Å²) < 4.78 is 36.0. The molecule has 2 N–H and O–H groups in total. The van der Waals surface area contributed by atoms with Crippen LogP contribution in [0.15, 0.2) is 66.0 Å². The molecule has 0 spiro atoms. The number of halogens is 1. The maximum atomic E-state index is 13.1. The fourth-order valence-corrected chi connectivity index (χ4v) is 7.30. The molecule has 1 saturated heterocycles. The molecule has 0 unspecified atom stereocenters. The van der Waals surface area contributed by atoms with Crippen molar-refractivity contribution in [1.29, 1.82) is 0 Å². The van der Waals surface area contributed by atoms with Gasteiger partial charge in [0.15, 0.2) is 5.82 Å². The van der Waals surface area contributed by atoms with Crippen LogP contribution in [-0.2, 0) is 21.2 Å². The number of aryl methyl sites for hydroxylation is 1. The van der Waals surface area contributed by atoms with Gasteiger partial charge in [0.2, 0.25) is 5.95 Å². The third-order valence-corrected chi connectivity index (χ3v) is 9.81. The van der Waals surface area contributed by atoms with Crippen LogP contribution in [0.1, 0.15) is 46.1 Å². The molecule has 6 rings (SSSR count). The van der Waals surface area contributed by atoms with Crippen LogP contribution >= 0.6 is 11.6 Å². The summed E-state index contributed by atoms with van der Waals surface area (Å²) in [6, 6.07) is 13.9. The number of hydrogen-bond acceptors (Lipinski definition) is 9. The quantitative estimate of drug-likeness (QED) is 0.190. The van der Waals surface area contributed by atoms with E-state index in [0.717, 1.165) is 47.0 Å². The molecule has 47 heavy (non-hydrogen) atoms. The van der Waals surface area contributed by atoms with E-state index in [2.05, 4.69) is 38.1 Å². The standard InChI is InChI=1S/C33H37ClN8O4S/c1-5-22-15-23(26-12-13-27-30(37-20-38-42(26)27)40-47(44,45)28-11-7-6-10-25(28)34)16-24-18-36-31(39-29(22)24)35-17-21-9-8-14-41(19-21)32(43)46-33(2,3)4/h6-7,10-13,15-16,18,20-21H,5,8-9,14,17,19H2,1-4H3,(H,35,36,39)(H,37,38,40)/t21-/m0/s1. The SMILES string of the molecule is CCc1cc(-c2ccc3c(NS(=O)(=O)c4ccccc4Cl)ncnn23)cc2cnc(NC[C@@H]3CCCN(C(=O)OC(C)(C)C)C3)nc12. The monoisotopic (exact) mass is 676 g/mol. The van der Waals surface area contributed by atoms with E-state index in [1.807, 2.05) is 32.9 Å². The zero-order valence-electron chi connectivity index (χ0n) is 26.7. The number of nitrogens with one attached hydrogen (secondary N) is 2. The van der Waals surface area contributed by atoms with Gasteiger partial charge in [0, 0.05) is 36.8 Å². The Morgan fingerprint density at radius 3 is 2.70 bits per heavy atom. The molecule has 0 saturated carbocycles. The van der Waals surface area contributed by atoms with Crippen LogP contribution in [0.2, 0.25) is 5.02 Å². The van der Waals surface area contributed by atoms with Crippen LogP contribution in [0.4, 0.5) is 16.6 Å². The number of likely N-dealkylation sites (tertiary alicyclic amines) is 1. The summed E-state index contributed by atoms with van der Waals surface area (Å²) in [6.45, 7) is 9.66. The van der Waals surface area contributed by atoms with E-state index >= 15 is 0 Å². The van der Waals surface area contributed by atoms with Crippen LogP contribution in [0.3, 0.4) is 0 Å². The summed E-state index contributed by atoms with van der Waals surface area (Å²) >= 11 is 6.16. The van der Waals surface area contributed by atoms with Crippen molar-refractivity contribution in [2.45, 2.75) is 57.5 Å². The second-order valence-corrected chi connectivity index (χ2v) is 14.7. The van der Waals surface area contributed by atoms with Crippen molar-refractivity contribution in [3.05, 3.63) is 71.6 Å². The van der Waals surface area contributed by atoms with Crippen LogP contribution in [-0.4, -0.2) is 69.2 Å². The number of rotatable bonds is 8. The number of benzene rings is 2. The molecule has 3 aromatic heterocycles. The van der Waals surface area contributed by atoms with E-state index < -0.39 is 15.6 Å². The minimum absolute atomic E-state index is 0.0392. The van der Waals surface area contributed by atoms with Crippen molar-refractivity contribution in [2.24, 2.45) is 5.92 Å². The number of sulfonamides is 1. The highest BCUT2D eigenvalue weighted by Gasteiger charge is 2.28. The number of carbonyl (C=O) groups excluding carboxylic acids is 1. The predicted octanol–water partition coefficient (Wildman–Crippen LogP) is 6.42. The molecule has 2 aromatic carbocycles. The Kier molecular flexibility index (Phi) is 8.95. The van der Waals surface area contributed by atoms with Gasteiger partial charge >= 0.3 is 6.09 Å². The van der Waals surface area contributed by atoms with E-state index in [-0.39, 0.29) is 27.7 Å². The number of anilines is 2. The lowest BCUT2D eigenvalue weighted by atomic mass is 9.98. The number of hydrogen-bond donors (Lipinski definition) is 2. The lowest BCUT2D eigenvalue weighted by Gasteiger charge is -2.34. The summed E-state index contributed by atoms with van der Waals surface area (Å²) in [6.07, 6.45) is 5.49. The molecular weight excluding hydrogens is 640 g/mol.